The number of aromatic nitrogens is 2. The molecule has 0 aromatic carbocycles. The number of rotatable bonds is 5. The number of nitrogens with zero attached hydrogens (tertiary/aromatic N) is 2. The Hall–Kier alpha value is -1.69. The SMILES string of the molecule is COC(=O)c1cnc(NC(C)CCO)cn1. The van der Waals surface area contributed by atoms with E-state index in [4.69, 9.17) is 5.11 Å². The third-order valence-electron chi connectivity index (χ3n) is 2.00. The Kier molecular flexibility index (Phi) is 4.65. The zero-order valence-electron chi connectivity index (χ0n) is 9.30. The van der Waals surface area contributed by atoms with Crippen molar-refractivity contribution in [2.75, 3.05) is 19.0 Å². The fourth-order valence-corrected chi connectivity index (χ4v) is 1.13. The molecule has 1 rings (SSSR count). The standard InChI is InChI=1S/C10H15N3O3/c1-7(3-4-14)13-9-6-11-8(5-12-9)10(15)16-2/h5-7,14H,3-4H2,1-2H3,(H,12,13). The van der Waals surface area contributed by atoms with E-state index in [2.05, 4.69) is 20.0 Å². The third-order valence-corrected chi connectivity index (χ3v) is 2.00. The van der Waals surface area contributed by atoms with Crippen LogP contribution in [0.15, 0.2) is 12.4 Å². The van der Waals surface area contributed by atoms with Crippen molar-refractivity contribution in [3.05, 3.63) is 18.1 Å². The Balaban J connectivity index is 2.61. The Morgan fingerprint density at radius 1 is 1.56 bits per heavy atom. The number of nitrogens with one attached hydrogen (secondary N) is 1. The van der Waals surface area contributed by atoms with E-state index in [0.29, 0.717) is 12.2 Å². The summed E-state index contributed by atoms with van der Waals surface area (Å²) in [6.07, 6.45) is 3.43. The van der Waals surface area contributed by atoms with Gasteiger partial charge in [-0.3, -0.25) is 0 Å². The lowest BCUT2D eigenvalue weighted by Gasteiger charge is -2.12. The molecule has 1 aromatic rings. The van der Waals surface area contributed by atoms with E-state index >= 15 is 0 Å². The van der Waals surface area contributed by atoms with Gasteiger partial charge < -0.3 is 15.2 Å². The van der Waals surface area contributed by atoms with Crippen LogP contribution in [0.3, 0.4) is 0 Å². The summed E-state index contributed by atoms with van der Waals surface area (Å²) in [5.41, 5.74) is 0.169. The summed E-state index contributed by atoms with van der Waals surface area (Å²) in [4.78, 5) is 19.0. The molecule has 1 unspecified atom stereocenters. The van der Waals surface area contributed by atoms with Crippen LogP contribution in [0, 0.1) is 0 Å². The molecule has 0 aliphatic rings. The minimum absolute atomic E-state index is 0.100. The summed E-state index contributed by atoms with van der Waals surface area (Å²) in [5, 5.41) is 11.8. The van der Waals surface area contributed by atoms with Crippen LogP contribution in [0.4, 0.5) is 5.82 Å². The predicted molar refractivity (Wildman–Crippen MR) is 58.2 cm³/mol. The van der Waals surface area contributed by atoms with Gasteiger partial charge in [-0.05, 0) is 13.3 Å². The largest absolute Gasteiger partial charge is 0.464 e. The zero-order valence-corrected chi connectivity index (χ0v) is 9.30. The van der Waals surface area contributed by atoms with Gasteiger partial charge in [0.05, 0.1) is 19.5 Å². The summed E-state index contributed by atoms with van der Waals surface area (Å²) < 4.78 is 4.50. The van der Waals surface area contributed by atoms with E-state index in [1.165, 1.54) is 19.5 Å². The van der Waals surface area contributed by atoms with Crippen molar-refractivity contribution in [1.82, 2.24) is 9.97 Å². The van der Waals surface area contributed by atoms with Gasteiger partial charge in [0, 0.05) is 12.6 Å². The highest BCUT2D eigenvalue weighted by molar-refractivity contribution is 5.86. The molecule has 0 amide bonds. The van der Waals surface area contributed by atoms with Gasteiger partial charge in [-0.2, -0.15) is 0 Å². The summed E-state index contributed by atoms with van der Waals surface area (Å²) >= 11 is 0. The Morgan fingerprint density at radius 2 is 2.31 bits per heavy atom. The lowest BCUT2D eigenvalue weighted by atomic mass is 10.2. The summed E-state index contributed by atoms with van der Waals surface area (Å²) in [6, 6.07) is 0.100. The van der Waals surface area contributed by atoms with E-state index in [9.17, 15) is 4.79 Å². The maximum absolute atomic E-state index is 11.1. The molecule has 2 N–H and O–H groups in total. The minimum Gasteiger partial charge on any atom is -0.464 e. The first-order valence-corrected chi connectivity index (χ1v) is 4.95. The molecule has 0 fully saturated rings. The number of hydrogen-bond donors (Lipinski definition) is 2. The molecule has 0 spiro atoms. The Labute approximate surface area is 93.7 Å². The predicted octanol–water partition coefficient (Wildman–Crippen LogP) is 0.446. The van der Waals surface area contributed by atoms with E-state index in [-0.39, 0.29) is 18.3 Å². The quantitative estimate of drug-likeness (QED) is 0.708. The number of ether oxygens (including phenoxy) is 1. The van der Waals surface area contributed by atoms with Crippen molar-refractivity contribution in [3.63, 3.8) is 0 Å². The molecule has 0 bridgehead atoms. The number of carbonyl (C=O) groups excluding carboxylic acids is 1. The van der Waals surface area contributed by atoms with Crippen molar-refractivity contribution in [1.29, 1.82) is 0 Å². The van der Waals surface area contributed by atoms with Crippen molar-refractivity contribution in [2.24, 2.45) is 0 Å². The number of hydrogen-bond acceptors (Lipinski definition) is 6. The topological polar surface area (TPSA) is 84.3 Å². The van der Waals surface area contributed by atoms with Crippen LogP contribution in [0.2, 0.25) is 0 Å². The maximum Gasteiger partial charge on any atom is 0.358 e. The average molecular weight is 225 g/mol. The van der Waals surface area contributed by atoms with Gasteiger partial charge >= 0.3 is 5.97 Å². The first kappa shape index (κ1) is 12.4. The number of carbonyl (C=O) groups is 1. The molecule has 0 aliphatic heterocycles. The highest BCUT2D eigenvalue weighted by Gasteiger charge is 2.08. The molecular formula is C10H15N3O3. The molecule has 0 radical (unpaired) electrons. The van der Waals surface area contributed by atoms with E-state index in [0.717, 1.165) is 0 Å². The average Bonchev–Trinajstić information content (AvgIpc) is 2.29. The van der Waals surface area contributed by atoms with Crippen LogP contribution in [0.25, 0.3) is 0 Å². The van der Waals surface area contributed by atoms with Crippen LogP contribution in [-0.4, -0.2) is 40.8 Å². The zero-order chi connectivity index (χ0) is 12.0. The highest BCUT2D eigenvalue weighted by Crippen LogP contribution is 2.05. The van der Waals surface area contributed by atoms with Crippen LogP contribution in [-0.2, 0) is 4.74 Å². The summed E-state index contributed by atoms with van der Waals surface area (Å²) in [6.45, 7) is 2.04. The second-order valence-corrected chi connectivity index (χ2v) is 3.34. The number of esters is 1. The molecule has 6 nitrogen and oxygen atoms in total. The lowest BCUT2D eigenvalue weighted by molar-refractivity contribution is 0.0593. The van der Waals surface area contributed by atoms with Crippen molar-refractivity contribution < 1.29 is 14.6 Å². The lowest BCUT2D eigenvalue weighted by Crippen LogP contribution is -2.18. The number of aliphatic hydroxyl groups excluding tert-OH is 1. The van der Waals surface area contributed by atoms with Crippen LogP contribution in [0.1, 0.15) is 23.8 Å². The van der Waals surface area contributed by atoms with E-state index in [1.807, 2.05) is 6.92 Å². The fraction of sp³-hybridized carbons (Fsp3) is 0.500. The van der Waals surface area contributed by atoms with Crippen LogP contribution >= 0.6 is 0 Å². The first-order chi connectivity index (χ1) is 7.67. The number of aliphatic hydroxyl groups is 1. The van der Waals surface area contributed by atoms with Gasteiger partial charge in [0.15, 0.2) is 5.69 Å². The molecule has 0 saturated carbocycles. The molecule has 0 aliphatic carbocycles. The molecule has 1 aromatic heterocycles. The van der Waals surface area contributed by atoms with Gasteiger partial charge in [-0.1, -0.05) is 0 Å². The number of anilines is 1. The molecule has 1 atom stereocenters. The fourth-order valence-electron chi connectivity index (χ4n) is 1.13. The molecule has 6 heteroatoms. The van der Waals surface area contributed by atoms with Gasteiger partial charge in [-0.15, -0.1) is 0 Å². The highest BCUT2D eigenvalue weighted by atomic mass is 16.5. The number of methoxy groups -OCH3 is 1. The molecule has 0 saturated heterocycles. The Morgan fingerprint density at radius 3 is 2.81 bits per heavy atom. The second kappa shape index (κ2) is 6.02. The molecule has 16 heavy (non-hydrogen) atoms. The summed E-state index contributed by atoms with van der Waals surface area (Å²) in [7, 11) is 1.29. The van der Waals surface area contributed by atoms with Crippen LogP contribution < -0.4 is 5.32 Å². The van der Waals surface area contributed by atoms with E-state index in [1.54, 1.807) is 0 Å². The smallest absolute Gasteiger partial charge is 0.358 e. The minimum atomic E-state index is -0.512. The van der Waals surface area contributed by atoms with E-state index < -0.39 is 5.97 Å². The molecular weight excluding hydrogens is 210 g/mol. The summed E-state index contributed by atoms with van der Waals surface area (Å²) in [5.74, 6) is 0.0519. The molecule has 1 heterocycles. The van der Waals surface area contributed by atoms with Crippen LogP contribution in [0.5, 0.6) is 0 Å². The Bertz CT molecular complexity index is 340. The van der Waals surface area contributed by atoms with Crippen molar-refractivity contribution in [2.45, 2.75) is 19.4 Å². The maximum atomic E-state index is 11.1. The normalized spacial score (nSPS) is 11.9. The first-order valence-electron chi connectivity index (χ1n) is 4.95. The monoisotopic (exact) mass is 225 g/mol. The van der Waals surface area contributed by atoms with Gasteiger partial charge in [0.1, 0.15) is 5.82 Å². The second-order valence-electron chi connectivity index (χ2n) is 3.34. The van der Waals surface area contributed by atoms with Gasteiger partial charge in [0.25, 0.3) is 0 Å². The van der Waals surface area contributed by atoms with Gasteiger partial charge in [-0.25, -0.2) is 14.8 Å². The van der Waals surface area contributed by atoms with Gasteiger partial charge in [0.2, 0.25) is 0 Å². The molecule has 88 valence electrons. The van der Waals surface area contributed by atoms with Crippen molar-refractivity contribution >= 4 is 11.8 Å². The van der Waals surface area contributed by atoms with Crippen molar-refractivity contribution in [3.8, 4) is 0 Å². The third kappa shape index (κ3) is 3.47.